The zero-order valence-corrected chi connectivity index (χ0v) is 17.6. The summed E-state index contributed by atoms with van der Waals surface area (Å²) in [5, 5.41) is 13.3. The van der Waals surface area contributed by atoms with Gasteiger partial charge in [0.2, 0.25) is 5.91 Å². The number of carbonyl (C=O) groups excluding carboxylic acids is 2. The fourth-order valence-electron chi connectivity index (χ4n) is 2.32. The molecule has 0 fully saturated rings. The number of hydrogen-bond acceptors (Lipinski definition) is 6. The van der Waals surface area contributed by atoms with E-state index in [-0.39, 0.29) is 31.1 Å². The molecular formula is C19H18Cl2N2O4S. The van der Waals surface area contributed by atoms with Crippen molar-refractivity contribution in [1.82, 2.24) is 0 Å². The molecule has 0 bridgehead atoms. The van der Waals surface area contributed by atoms with Gasteiger partial charge in [0.1, 0.15) is 21.7 Å². The third-order valence-electron chi connectivity index (χ3n) is 3.67. The maximum atomic E-state index is 12.2. The van der Waals surface area contributed by atoms with Crippen LogP contribution < -0.4 is 10.1 Å². The van der Waals surface area contributed by atoms with E-state index in [0.29, 0.717) is 37.7 Å². The van der Waals surface area contributed by atoms with Crippen molar-refractivity contribution in [2.45, 2.75) is 26.7 Å². The van der Waals surface area contributed by atoms with Gasteiger partial charge in [-0.15, -0.1) is 11.3 Å². The SMILES string of the molecule is CCOC(=O)c1sc(NC(=O)CCCOc2ccc(Cl)cc2Cl)c(C#N)c1C. The molecule has 28 heavy (non-hydrogen) atoms. The average molecular weight is 441 g/mol. The van der Waals surface area contributed by atoms with Crippen LogP contribution in [0.1, 0.15) is 40.6 Å². The third-order valence-corrected chi connectivity index (χ3v) is 5.39. The Morgan fingerprint density at radius 2 is 2.07 bits per heavy atom. The van der Waals surface area contributed by atoms with Crippen LogP contribution in [0.2, 0.25) is 10.0 Å². The summed E-state index contributed by atoms with van der Waals surface area (Å²) in [5.74, 6) is -0.291. The molecular weight excluding hydrogens is 423 g/mol. The molecule has 0 unspecified atom stereocenters. The first-order chi connectivity index (χ1) is 13.4. The lowest BCUT2D eigenvalue weighted by Crippen LogP contribution is -2.12. The Kier molecular flexibility index (Phi) is 8.12. The van der Waals surface area contributed by atoms with Crippen LogP contribution in [0.25, 0.3) is 0 Å². The van der Waals surface area contributed by atoms with Crippen molar-refractivity contribution in [3.8, 4) is 11.8 Å². The summed E-state index contributed by atoms with van der Waals surface area (Å²) >= 11 is 12.9. The zero-order valence-electron chi connectivity index (χ0n) is 15.3. The van der Waals surface area contributed by atoms with Crippen LogP contribution in [0.5, 0.6) is 5.75 Å². The van der Waals surface area contributed by atoms with Gasteiger partial charge < -0.3 is 14.8 Å². The molecule has 2 rings (SSSR count). The normalized spacial score (nSPS) is 10.2. The largest absolute Gasteiger partial charge is 0.492 e. The Balaban J connectivity index is 1.91. The molecule has 9 heteroatoms. The van der Waals surface area contributed by atoms with Crippen molar-refractivity contribution in [2.24, 2.45) is 0 Å². The third kappa shape index (κ3) is 5.61. The number of thiophene rings is 1. The van der Waals surface area contributed by atoms with E-state index in [1.807, 2.05) is 6.07 Å². The first-order valence-electron chi connectivity index (χ1n) is 8.45. The van der Waals surface area contributed by atoms with Crippen molar-refractivity contribution in [3.63, 3.8) is 0 Å². The quantitative estimate of drug-likeness (QED) is 0.449. The molecule has 0 radical (unpaired) electrons. The molecule has 1 aromatic heterocycles. The van der Waals surface area contributed by atoms with Crippen LogP contribution in [0.3, 0.4) is 0 Å². The smallest absolute Gasteiger partial charge is 0.348 e. The fraction of sp³-hybridized carbons (Fsp3) is 0.316. The highest BCUT2D eigenvalue weighted by Gasteiger charge is 2.22. The van der Waals surface area contributed by atoms with E-state index < -0.39 is 5.97 Å². The molecule has 0 saturated heterocycles. The number of nitrogens with one attached hydrogen (secondary N) is 1. The van der Waals surface area contributed by atoms with Gasteiger partial charge in [-0.2, -0.15) is 5.26 Å². The molecule has 2 aromatic rings. The van der Waals surface area contributed by atoms with Crippen LogP contribution in [0.15, 0.2) is 18.2 Å². The second-order valence-corrected chi connectivity index (χ2v) is 7.53. The molecule has 0 saturated carbocycles. The van der Waals surface area contributed by atoms with E-state index in [4.69, 9.17) is 32.7 Å². The number of hydrogen-bond donors (Lipinski definition) is 1. The maximum absolute atomic E-state index is 12.2. The Bertz CT molecular complexity index is 921. The van der Waals surface area contributed by atoms with Crippen LogP contribution in [0.4, 0.5) is 5.00 Å². The minimum atomic E-state index is -0.504. The van der Waals surface area contributed by atoms with Gasteiger partial charge in [-0.1, -0.05) is 23.2 Å². The predicted octanol–water partition coefficient (Wildman–Crippen LogP) is 5.21. The zero-order chi connectivity index (χ0) is 20.7. The van der Waals surface area contributed by atoms with E-state index in [1.165, 1.54) is 0 Å². The summed E-state index contributed by atoms with van der Waals surface area (Å²) in [7, 11) is 0. The molecule has 0 aliphatic heterocycles. The number of rotatable bonds is 8. The highest BCUT2D eigenvalue weighted by atomic mass is 35.5. The number of halogens is 2. The number of benzene rings is 1. The number of anilines is 1. The summed E-state index contributed by atoms with van der Waals surface area (Å²) in [6.07, 6.45) is 0.629. The number of amides is 1. The van der Waals surface area contributed by atoms with Gasteiger partial charge in [-0.05, 0) is 44.0 Å². The summed E-state index contributed by atoms with van der Waals surface area (Å²) in [5.41, 5.74) is 0.771. The molecule has 0 atom stereocenters. The first kappa shape index (κ1) is 22.0. The van der Waals surface area contributed by atoms with Crippen LogP contribution in [-0.4, -0.2) is 25.1 Å². The Morgan fingerprint density at radius 1 is 1.32 bits per heavy atom. The molecule has 148 valence electrons. The monoisotopic (exact) mass is 440 g/mol. The molecule has 1 aromatic carbocycles. The van der Waals surface area contributed by atoms with Crippen molar-refractivity contribution < 1.29 is 19.1 Å². The maximum Gasteiger partial charge on any atom is 0.348 e. The van der Waals surface area contributed by atoms with Crippen LogP contribution in [-0.2, 0) is 9.53 Å². The van der Waals surface area contributed by atoms with Gasteiger partial charge in [0.25, 0.3) is 0 Å². The number of carbonyl (C=O) groups is 2. The molecule has 0 aliphatic carbocycles. The van der Waals surface area contributed by atoms with Crippen molar-refractivity contribution >= 4 is 51.4 Å². The number of nitrogens with zero attached hydrogens (tertiary/aromatic N) is 1. The molecule has 6 nitrogen and oxygen atoms in total. The van der Waals surface area contributed by atoms with E-state index in [0.717, 1.165) is 11.3 Å². The highest BCUT2D eigenvalue weighted by Crippen LogP contribution is 2.33. The Hall–Kier alpha value is -2.27. The van der Waals surface area contributed by atoms with Gasteiger partial charge in [-0.25, -0.2) is 4.79 Å². The molecule has 0 aliphatic rings. The minimum Gasteiger partial charge on any atom is -0.492 e. The first-order valence-corrected chi connectivity index (χ1v) is 10.0. The van der Waals surface area contributed by atoms with Gasteiger partial charge in [0.15, 0.2) is 0 Å². The number of nitriles is 1. The lowest BCUT2D eigenvalue weighted by atomic mass is 10.1. The summed E-state index contributed by atoms with van der Waals surface area (Å²) in [4.78, 5) is 24.5. The predicted molar refractivity (Wildman–Crippen MR) is 110 cm³/mol. The minimum absolute atomic E-state index is 0.182. The second kappa shape index (κ2) is 10.3. The van der Waals surface area contributed by atoms with E-state index in [2.05, 4.69) is 5.32 Å². The molecule has 0 spiro atoms. The second-order valence-electron chi connectivity index (χ2n) is 5.67. The standard InChI is InChI=1S/C19H18Cl2N2O4S/c1-3-26-19(25)17-11(2)13(10-22)18(28-17)23-16(24)5-4-8-27-15-7-6-12(20)9-14(15)21/h6-7,9H,3-5,8H2,1-2H3,(H,23,24). The summed E-state index contributed by atoms with van der Waals surface area (Å²) in [6.45, 7) is 3.88. The van der Waals surface area contributed by atoms with E-state index in [9.17, 15) is 14.9 Å². The van der Waals surface area contributed by atoms with Gasteiger partial charge >= 0.3 is 5.97 Å². The molecule has 1 heterocycles. The Morgan fingerprint density at radius 3 is 2.71 bits per heavy atom. The number of ether oxygens (including phenoxy) is 2. The fourth-order valence-corrected chi connectivity index (χ4v) is 3.85. The molecule has 1 N–H and O–H groups in total. The Labute approximate surface area is 177 Å². The lowest BCUT2D eigenvalue weighted by molar-refractivity contribution is -0.116. The van der Waals surface area contributed by atoms with E-state index in [1.54, 1.807) is 32.0 Å². The molecule has 1 amide bonds. The van der Waals surface area contributed by atoms with Crippen LogP contribution in [0, 0.1) is 18.3 Å². The average Bonchev–Trinajstić information content (AvgIpc) is 2.95. The lowest BCUT2D eigenvalue weighted by Gasteiger charge is -2.08. The summed E-state index contributed by atoms with van der Waals surface area (Å²) < 4.78 is 10.5. The van der Waals surface area contributed by atoms with Crippen molar-refractivity contribution in [2.75, 3.05) is 18.5 Å². The van der Waals surface area contributed by atoms with Crippen molar-refractivity contribution in [1.29, 1.82) is 5.26 Å². The van der Waals surface area contributed by atoms with Gasteiger partial charge in [0.05, 0.1) is 23.8 Å². The summed E-state index contributed by atoms with van der Waals surface area (Å²) in [6, 6.07) is 6.93. The van der Waals surface area contributed by atoms with Crippen LogP contribution >= 0.6 is 34.5 Å². The van der Waals surface area contributed by atoms with Gasteiger partial charge in [0, 0.05) is 11.4 Å². The van der Waals surface area contributed by atoms with E-state index >= 15 is 0 Å². The topological polar surface area (TPSA) is 88.4 Å². The van der Waals surface area contributed by atoms with Crippen molar-refractivity contribution in [3.05, 3.63) is 44.2 Å². The highest BCUT2D eigenvalue weighted by molar-refractivity contribution is 7.18. The van der Waals surface area contributed by atoms with Gasteiger partial charge in [-0.3, -0.25) is 4.79 Å². The number of esters is 1.